The van der Waals surface area contributed by atoms with Crippen molar-refractivity contribution in [2.24, 2.45) is 0 Å². The molecule has 0 aromatic carbocycles. The normalized spacial score (nSPS) is 47.4. The second-order valence-electron chi connectivity index (χ2n) is 4.55. The Morgan fingerprint density at radius 3 is 2.56 bits per heavy atom. The van der Waals surface area contributed by atoms with Crippen molar-refractivity contribution in [3.63, 3.8) is 0 Å². The standard InChI is InChI=1S/C10H18O6/c1-10(2)14-4-5-8(16-10)6(11)7(12)9(13-3)15-5/h5-9,11-12H,4H2,1-3H3/t5-,6-,7-,8-,9+/m1/s1. The molecular weight excluding hydrogens is 216 g/mol. The predicted octanol–water partition coefficient (Wildman–Crippen LogP) is -0.769. The van der Waals surface area contributed by atoms with Crippen molar-refractivity contribution in [3.8, 4) is 0 Å². The quantitative estimate of drug-likeness (QED) is 0.620. The van der Waals surface area contributed by atoms with E-state index in [4.69, 9.17) is 18.9 Å². The molecule has 5 atom stereocenters. The maximum absolute atomic E-state index is 9.92. The van der Waals surface area contributed by atoms with Crippen LogP contribution in [0.1, 0.15) is 13.8 Å². The highest BCUT2D eigenvalue weighted by Crippen LogP contribution is 2.32. The summed E-state index contributed by atoms with van der Waals surface area (Å²) in [7, 11) is 1.41. The lowest BCUT2D eigenvalue weighted by atomic mass is 9.97. The fourth-order valence-electron chi connectivity index (χ4n) is 2.02. The number of aliphatic hydroxyl groups is 2. The van der Waals surface area contributed by atoms with Gasteiger partial charge >= 0.3 is 0 Å². The average Bonchev–Trinajstić information content (AvgIpc) is 2.23. The van der Waals surface area contributed by atoms with Crippen LogP contribution in [0.4, 0.5) is 0 Å². The molecule has 16 heavy (non-hydrogen) atoms. The number of hydrogen-bond acceptors (Lipinski definition) is 6. The molecule has 0 aromatic rings. The highest BCUT2D eigenvalue weighted by atomic mass is 16.8. The highest BCUT2D eigenvalue weighted by Gasteiger charge is 2.50. The Morgan fingerprint density at radius 2 is 1.94 bits per heavy atom. The minimum atomic E-state index is -1.11. The molecule has 0 amide bonds. The molecule has 0 spiro atoms. The fourth-order valence-corrected chi connectivity index (χ4v) is 2.02. The van der Waals surface area contributed by atoms with Gasteiger partial charge in [0.25, 0.3) is 0 Å². The SMILES string of the molecule is CO[C@H]1O[C@@H]2COC(C)(C)O[C@H]2[C@H](O)[C@H]1O. The van der Waals surface area contributed by atoms with Crippen LogP contribution in [-0.4, -0.2) is 60.4 Å². The van der Waals surface area contributed by atoms with Gasteiger partial charge in [-0.25, -0.2) is 0 Å². The topological polar surface area (TPSA) is 77.4 Å². The molecule has 2 N–H and O–H groups in total. The van der Waals surface area contributed by atoms with Crippen LogP contribution in [0.3, 0.4) is 0 Å². The molecule has 0 unspecified atom stereocenters. The van der Waals surface area contributed by atoms with E-state index in [2.05, 4.69) is 0 Å². The van der Waals surface area contributed by atoms with E-state index >= 15 is 0 Å². The second-order valence-corrected chi connectivity index (χ2v) is 4.55. The van der Waals surface area contributed by atoms with Gasteiger partial charge in [0.2, 0.25) is 0 Å². The fraction of sp³-hybridized carbons (Fsp3) is 1.00. The monoisotopic (exact) mass is 234 g/mol. The summed E-state index contributed by atoms with van der Waals surface area (Å²) in [5.74, 6) is -0.773. The van der Waals surface area contributed by atoms with Gasteiger partial charge < -0.3 is 29.2 Å². The molecule has 0 aromatic heterocycles. The van der Waals surface area contributed by atoms with E-state index in [0.717, 1.165) is 0 Å². The molecule has 2 heterocycles. The molecule has 6 heteroatoms. The summed E-state index contributed by atoms with van der Waals surface area (Å²) in [4.78, 5) is 0. The largest absolute Gasteiger partial charge is 0.387 e. The summed E-state index contributed by atoms with van der Waals surface area (Å²) >= 11 is 0. The van der Waals surface area contributed by atoms with Gasteiger partial charge in [-0.1, -0.05) is 0 Å². The maximum Gasteiger partial charge on any atom is 0.186 e. The molecule has 0 bridgehead atoms. The summed E-state index contributed by atoms with van der Waals surface area (Å²) in [6.07, 6.45) is -4.00. The van der Waals surface area contributed by atoms with Crippen molar-refractivity contribution in [1.29, 1.82) is 0 Å². The van der Waals surface area contributed by atoms with Gasteiger partial charge in [-0.05, 0) is 13.8 Å². The Labute approximate surface area is 94.1 Å². The minimum Gasteiger partial charge on any atom is -0.387 e. The van der Waals surface area contributed by atoms with Crippen molar-refractivity contribution < 1.29 is 29.2 Å². The zero-order valence-corrected chi connectivity index (χ0v) is 9.62. The molecule has 2 saturated heterocycles. The lowest BCUT2D eigenvalue weighted by Crippen LogP contribution is -2.64. The summed E-state index contributed by atoms with van der Waals surface area (Å²) < 4.78 is 21.3. The third-order valence-corrected chi connectivity index (χ3v) is 2.89. The van der Waals surface area contributed by atoms with Crippen LogP contribution in [0.25, 0.3) is 0 Å². The van der Waals surface area contributed by atoms with Gasteiger partial charge in [0.15, 0.2) is 12.1 Å². The van der Waals surface area contributed by atoms with E-state index in [-0.39, 0.29) is 0 Å². The zero-order valence-electron chi connectivity index (χ0n) is 9.62. The number of hydrogen-bond donors (Lipinski definition) is 2. The Balaban J connectivity index is 2.11. The van der Waals surface area contributed by atoms with Crippen molar-refractivity contribution in [2.45, 2.75) is 50.3 Å². The molecule has 2 aliphatic heterocycles. The van der Waals surface area contributed by atoms with Crippen LogP contribution >= 0.6 is 0 Å². The van der Waals surface area contributed by atoms with Crippen LogP contribution < -0.4 is 0 Å². The molecule has 0 aliphatic carbocycles. The van der Waals surface area contributed by atoms with Crippen molar-refractivity contribution in [2.75, 3.05) is 13.7 Å². The summed E-state index contributed by atoms with van der Waals surface area (Å²) in [5.41, 5.74) is 0. The van der Waals surface area contributed by atoms with Gasteiger partial charge in [0, 0.05) is 7.11 Å². The van der Waals surface area contributed by atoms with Gasteiger partial charge in [0.1, 0.15) is 24.4 Å². The third-order valence-electron chi connectivity index (χ3n) is 2.89. The lowest BCUT2D eigenvalue weighted by Gasteiger charge is -2.48. The molecule has 2 fully saturated rings. The molecule has 6 nitrogen and oxygen atoms in total. The van der Waals surface area contributed by atoms with Crippen LogP contribution in [0.5, 0.6) is 0 Å². The van der Waals surface area contributed by atoms with Gasteiger partial charge in [-0.2, -0.15) is 0 Å². The second kappa shape index (κ2) is 4.21. The average molecular weight is 234 g/mol. The van der Waals surface area contributed by atoms with E-state index in [1.54, 1.807) is 13.8 Å². The lowest BCUT2D eigenvalue weighted by molar-refractivity contribution is -0.379. The van der Waals surface area contributed by atoms with Crippen LogP contribution in [0.15, 0.2) is 0 Å². The van der Waals surface area contributed by atoms with Crippen molar-refractivity contribution >= 4 is 0 Å². The minimum absolute atomic E-state index is 0.307. The number of rotatable bonds is 1. The summed E-state index contributed by atoms with van der Waals surface area (Å²) in [5, 5.41) is 19.6. The zero-order chi connectivity index (χ0) is 11.9. The van der Waals surface area contributed by atoms with Crippen molar-refractivity contribution in [3.05, 3.63) is 0 Å². The first kappa shape index (κ1) is 12.2. The van der Waals surface area contributed by atoms with E-state index in [1.807, 2.05) is 0 Å². The Morgan fingerprint density at radius 1 is 1.25 bits per heavy atom. The molecule has 2 rings (SSSR count). The van der Waals surface area contributed by atoms with Crippen LogP contribution in [0, 0.1) is 0 Å². The van der Waals surface area contributed by atoms with E-state index in [0.29, 0.717) is 6.61 Å². The predicted molar refractivity (Wildman–Crippen MR) is 52.6 cm³/mol. The highest BCUT2D eigenvalue weighted by molar-refractivity contribution is 4.93. The molecule has 0 saturated carbocycles. The van der Waals surface area contributed by atoms with Gasteiger partial charge in [0.05, 0.1) is 6.61 Å². The first-order valence-corrected chi connectivity index (χ1v) is 5.31. The Hall–Kier alpha value is -0.240. The summed E-state index contributed by atoms with van der Waals surface area (Å²) in [6, 6.07) is 0. The Bertz CT molecular complexity index is 254. The first-order chi connectivity index (χ1) is 7.44. The maximum atomic E-state index is 9.92. The van der Waals surface area contributed by atoms with E-state index in [9.17, 15) is 10.2 Å². The van der Waals surface area contributed by atoms with Crippen molar-refractivity contribution in [1.82, 2.24) is 0 Å². The van der Waals surface area contributed by atoms with E-state index in [1.165, 1.54) is 7.11 Å². The third kappa shape index (κ3) is 2.09. The molecule has 0 radical (unpaired) electrons. The molecule has 2 aliphatic rings. The van der Waals surface area contributed by atoms with Crippen LogP contribution in [0.2, 0.25) is 0 Å². The van der Waals surface area contributed by atoms with E-state index < -0.39 is 36.5 Å². The van der Waals surface area contributed by atoms with Crippen LogP contribution in [-0.2, 0) is 18.9 Å². The summed E-state index contributed by atoms with van der Waals surface area (Å²) in [6.45, 7) is 3.82. The molecule has 94 valence electrons. The smallest absolute Gasteiger partial charge is 0.186 e. The Kier molecular flexibility index (Phi) is 3.22. The molecular formula is C10H18O6. The van der Waals surface area contributed by atoms with Gasteiger partial charge in [-0.15, -0.1) is 0 Å². The van der Waals surface area contributed by atoms with Gasteiger partial charge in [-0.3, -0.25) is 0 Å². The number of fused-ring (bicyclic) bond motifs is 1. The first-order valence-electron chi connectivity index (χ1n) is 5.31. The number of ether oxygens (including phenoxy) is 4. The number of aliphatic hydroxyl groups excluding tert-OH is 2. The number of methoxy groups -OCH3 is 1.